The van der Waals surface area contributed by atoms with Gasteiger partial charge in [-0.3, -0.25) is 4.99 Å². The summed E-state index contributed by atoms with van der Waals surface area (Å²) in [5, 5.41) is 0. The normalized spacial score (nSPS) is 11.3. The predicted octanol–water partition coefficient (Wildman–Crippen LogP) is -0.180. The number of ether oxygens (including phenoxy) is 1. The minimum atomic E-state index is 0.371. The molecule has 64 valence electrons. The van der Waals surface area contributed by atoms with Gasteiger partial charge in [-0.05, 0) is 0 Å². The fraction of sp³-hybridized carbons (Fsp3) is 0.286. The lowest BCUT2D eigenvalue weighted by molar-refractivity contribution is 0.396. The molecule has 0 bridgehead atoms. The van der Waals surface area contributed by atoms with Crippen molar-refractivity contribution >= 4 is 5.84 Å². The first-order valence-electron chi connectivity index (χ1n) is 3.36. The molecule has 0 aromatic carbocycles. The number of amidine groups is 1. The third kappa shape index (κ3) is 1.69. The van der Waals surface area contributed by atoms with E-state index in [2.05, 4.69) is 15.0 Å². The van der Waals surface area contributed by atoms with E-state index in [4.69, 9.17) is 10.5 Å². The molecule has 0 atom stereocenters. The van der Waals surface area contributed by atoms with Crippen molar-refractivity contribution in [3.63, 3.8) is 0 Å². The van der Waals surface area contributed by atoms with E-state index in [0.717, 1.165) is 0 Å². The van der Waals surface area contributed by atoms with Crippen molar-refractivity contribution in [1.82, 2.24) is 9.97 Å². The summed E-state index contributed by atoms with van der Waals surface area (Å²) >= 11 is 0. The number of hydrogen-bond acceptors (Lipinski definition) is 4. The minimum Gasteiger partial charge on any atom is -0.481 e. The van der Waals surface area contributed by atoms with Gasteiger partial charge >= 0.3 is 0 Å². The van der Waals surface area contributed by atoms with Crippen LogP contribution < -0.4 is 10.5 Å². The van der Waals surface area contributed by atoms with Crippen LogP contribution in [0.2, 0.25) is 0 Å². The van der Waals surface area contributed by atoms with Crippen molar-refractivity contribution in [3.8, 4) is 5.88 Å². The van der Waals surface area contributed by atoms with E-state index >= 15 is 0 Å². The maximum atomic E-state index is 5.52. The van der Waals surface area contributed by atoms with Crippen LogP contribution in [0, 0.1) is 0 Å². The maximum absolute atomic E-state index is 5.52. The molecule has 0 saturated carbocycles. The summed E-state index contributed by atoms with van der Waals surface area (Å²) in [5.41, 5.74) is 6.10. The number of hydrogen-bond donors (Lipinski definition) is 1. The molecule has 0 unspecified atom stereocenters. The summed E-state index contributed by atoms with van der Waals surface area (Å²) in [6, 6.07) is 1.63. The van der Waals surface area contributed by atoms with Crippen LogP contribution in [-0.2, 0) is 0 Å². The molecule has 1 rings (SSSR count). The molecule has 2 N–H and O–H groups in total. The molecule has 0 radical (unpaired) electrons. The van der Waals surface area contributed by atoms with Crippen LogP contribution in [0.5, 0.6) is 5.88 Å². The Bertz CT molecular complexity index is 297. The van der Waals surface area contributed by atoms with E-state index in [1.165, 1.54) is 13.4 Å². The van der Waals surface area contributed by atoms with Crippen LogP contribution in [0.4, 0.5) is 0 Å². The molecule has 0 fully saturated rings. The standard InChI is InChI=1S/C7H10N4O/c1-9-7(8)5-3-6(12-2)11-4-10-5/h3-4H,1-2H3,(H2,8,9). The summed E-state index contributed by atoms with van der Waals surface area (Å²) in [7, 11) is 3.13. The van der Waals surface area contributed by atoms with E-state index in [1.54, 1.807) is 13.1 Å². The zero-order valence-electron chi connectivity index (χ0n) is 6.98. The summed E-state index contributed by atoms with van der Waals surface area (Å²) < 4.78 is 4.89. The number of aliphatic imine (C=N–C) groups is 1. The molecule has 1 aromatic rings. The first-order chi connectivity index (χ1) is 5.77. The van der Waals surface area contributed by atoms with Crippen molar-refractivity contribution in [3.05, 3.63) is 18.1 Å². The topological polar surface area (TPSA) is 73.4 Å². The van der Waals surface area contributed by atoms with Crippen molar-refractivity contribution in [2.75, 3.05) is 14.2 Å². The second kappa shape index (κ2) is 3.66. The van der Waals surface area contributed by atoms with Crippen LogP contribution in [-0.4, -0.2) is 30.0 Å². The summed E-state index contributed by atoms with van der Waals surface area (Å²) in [6.07, 6.45) is 1.38. The van der Waals surface area contributed by atoms with Crippen LogP contribution in [0.15, 0.2) is 17.4 Å². The second-order valence-electron chi connectivity index (χ2n) is 2.05. The second-order valence-corrected chi connectivity index (χ2v) is 2.05. The molecular weight excluding hydrogens is 156 g/mol. The maximum Gasteiger partial charge on any atom is 0.216 e. The average Bonchev–Trinajstić information content (AvgIpc) is 2.17. The Balaban J connectivity index is 3.02. The van der Waals surface area contributed by atoms with E-state index in [1.807, 2.05) is 0 Å². The molecule has 1 aromatic heterocycles. The Morgan fingerprint density at radius 2 is 2.33 bits per heavy atom. The lowest BCUT2D eigenvalue weighted by Crippen LogP contribution is -2.15. The molecule has 1 heterocycles. The Morgan fingerprint density at radius 3 is 2.92 bits per heavy atom. The molecule has 5 heteroatoms. The number of methoxy groups -OCH3 is 1. The lowest BCUT2D eigenvalue weighted by Gasteiger charge is -2.00. The smallest absolute Gasteiger partial charge is 0.216 e. The van der Waals surface area contributed by atoms with E-state index < -0.39 is 0 Å². The van der Waals surface area contributed by atoms with Gasteiger partial charge < -0.3 is 10.5 Å². The number of nitrogens with zero attached hydrogens (tertiary/aromatic N) is 3. The van der Waals surface area contributed by atoms with Gasteiger partial charge in [-0.25, -0.2) is 9.97 Å². The fourth-order valence-corrected chi connectivity index (χ4v) is 0.706. The number of nitrogens with two attached hydrogens (primary N) is 1. The number of rotatable bonds is 2. The largest absolute Gasteiger partial charge is 0.481 e. The van der Waals surface area contributed by atoms with Gasteiger partial charge in [0.15, 0.2) is 0 Å². The molecule has 12 heavy (non-hydrogen) atoms. The minimum absolute atomic E-state index is 0.371. The van der Waals surface area contributed by atoms with Gasteiger partial charge in [0.05, 0.1) is 7.11 Å². The molecule has 0 amide bonds. The zero-order chi connectivity index (χ0) is 8.97. The van der Waals surface area contributed by atoms with E-state index in [9.17, 15) is 0 Å². The summed E-state index contributed by atoms with van der Waals surface area (Å²) in [6.45, 7) is 0. The molecular formula is C7H10N4O. The van der Waals surface area contributed by atoms with Gasteiger partial charge in [0, 0.05) is 13.1 Å². The number of aromatic nitrogens is 2. The van der Waals surface area contributed by atoms with Gasteiger partial charge in [0.25, 0.3) is 0 Å². The van der Waals surface area contributed by atoms with Gasteiger partial charge in [-0.2, -0.15) is 0 Å². The molecule has 0 aliphatic heterocycles. The Labute approximate surface area is 70.3 Å². The third-order valence-electron chi connectivity index (χ3n) is 1.35. The molecule has 0 spiro atoms. The van der Waals surface area contributed by atoms with E-state index in [0.29, 0.717) is 17.4 Å². The van der Waals surface area contributed by atoms with Crippen molar-refractivity contribution in [1.29, 1.82) is 0 Å². The quantitative estimate of drug-likeness (QED) is 0.488. The highest BCUT2D eigenvalue weighted by Gasteiger charge is 2.00. The fourth-order valence-electron chi connectivity index (χ4n) is 0.706. The molecule has 5 nitrogen and oxygen atoms in total. The van der Waals surface area contributed by atoms with Crippen LogP contribution in [0.3, 0.4) is 0 Å². The van der Waals surface area contributed by atoms with Crippen molar-refractivity contribution in [2.45, 2.75) is 0 Å². The highest BCUT2D eigenvalue weighted by molar-refractivity contribution is 5.95. The van der Waals surface area contributed by atoms with E-state index in [-0.39, 0.29) is 0 Å². The van der Waals surface area contributed by atoms with Crippen LogP contribution >= 0.6 is 0 Å². The van der Waals surface area contributed by atoms with Crippen LogP contribution in [0.1, 0.15) is 5.69 Å². The Morgan fingerprint density at radius 1 is 1.58 bits per heavy atom. The average molecular weight is 166 g/mol. The Hall–Kier alpha value is -1.65. The van der Waals surface area contributed by atoms with Gasteiger partial charge in [-0.15, -0.1) is 0 Å². The highest BCUT2D eigenvalue weighted by atomic mass is 16.5. The molecule has 0 saturated heterocycles. The molecule has 0 aliphatic rings. The lowest BCUT2D eigenvalue weighted by atomic mass is 10.4. The van der Waals surface area contributed by atoms with Crippen molar-refractivity contribution in [2.24, 2.45) is 10.7 Å². The summed E-state index contributed by atoms with van der Waals surface area (Å²) in [5.74, 6) is 0.849. The van der Waals surface area contributed by atoms with Crippen molar-refractivity contribution < 1.29 is 4.74 Å². The first kappa shape index (κ1) is 8.45. The monoisotopic (exact) mass is 166 g/mol. The zero-order valence-corrected chi connectivity index (χ0v) is 6.98. The highest BCUT2D eigenvalue weighted by Crippen LogP contribution is 2.04. The summed E-state index contributed by atoms with van der Waals surface area (Å²) in [4.78, 5) is 11.5. The SMILES string of the molecule is CN=C(N)c1cc(OC)ncn1. The predicted molar refractivity (Wildman–Crippen MR) is 45.2 cm³/mol. The molecule has 0 aliphatic carbocycles. The van der Waals surface area contributed by atoms with Gasteiger partial charge in [-0.1, -0.05) is 0 Å². The van der Waals surface area contributed by atoms with Gasteiger partial charge in [0.1, 0.15) is 17.9 Å². The van der Waals surface area contributed by atoms with Crippen LogP contribution in [0.25, 0.3) is 0 Å². The Kier molecular flexibility index (Phi) is 2.57. The van der Waals surface area contributed by atoms with Gasteiger partial charge in [0.2, 0.25) is 5.88 Å². The first-order valence-corrected chi connectivity index (χ1v) is 3.36. The third-order valence-corrected chi connectivity index (χ3v) is 1.35.